The zero-order valence-electron chi connectivity index (χ0n) is 10.1. The highest BCUT2D eigenvalue weighted by atomic mass is 32.1. The third-order valence-electron chi connectivity index (χ3n) is 4.05. The van der Waals surface area contributed by atoms with Crippen LogP contribution in [0.1, 0.15) is 35.0 Å². The number of H-pyrrole nitrogens is 1. The summed E-state index contributed by atoms with van der Waals surface area (Å²) in [6.45, 7) is 0. The molecule has 2 N–H and O–H groups in total. The van der Waals surface area contributed by atoms with Crippen LogP contribution in [-0.4, -0.2) is 21.0 Å². The molecule has 2 heterocycles. The van der Waals surface area contributed by atoms with Gasteiger partial charge in [0.2, 0.25) is 0 Å². The topological polar surface area (TPSA) is 83.0 Å². The van der Waals surface area contributed by atoms with E-state index >= 15 is 0 Å². The average Bonchev–Trinajstić information content (AvgIpc) is 2.91. The highest BCUT2D eigenvalue weighted by Gasteiger charge is 2.46. The number of carboxylic acid groups (broad SMARTS) is 1. The summed E-state index contributed by atoms with van der Waals surface area (Å²) < 4.78 is 0. The van der Waals surface area contributed by atoms with E-state index in [0.29, 0.717) is 12.2 Å². The summed E-state index contributed by atoms with van der Waals surface area (Å²) in [6.07, 6.45) is 3.68. The Morgan fingerprint density at radius 2 is 2.26 bits per heavy atom. The van der Waals surface area contributed by atoms with Crippen molar-refractivity contribution in [3.05, 3.63) is 26.6 Å². The molecule has 6 heteroatoms. The van der Waals surface area contributed by atoms with Gasteiger partial charge in [-0.3, -0.25) is 9.59 Å². The smallest absolute Gasteiger partial charge is 0.307 e. The Morgan fingerprint density at radius 1 is 1.42 bits per heavy atom. The maximum Gasteiger partial charge on any atom is 0.307 e. The largest absolute Gasteiger partial charge is 0.481 e. The van der Waals surface area contributed by atoms with E-state index in [9.17, 15) is 9.59 Å². The lowest BCUT2D eigenvalue weighted by molar-refractivity contribution is -0.138. The summed E-state index contributed by atoms with van der Waals surface area (Å²) in [7, 11) is 0. The maximum atomic E-state index is 12.2. The van der Waals surface area contributed by atoms with Crippen LogP contribution in [0.2, 0.25) is 0 Å². The molecule has 2 unspecified atom stereocenters. The molecule has 0 amide bonds. The minimum absolute atomic E-state index is 0.101. The number of hydrogen-bond donors (Lipinski definition) is 2. The first-order chi connectivity index (χ1) is 9.15. The zero-order chi connectivity index (χ0) is 13.1. The van der Waals surface area contributed by atoms with Crippen LogP contribution in [0.5, 0.6) is 0 Å². The van der Waals surface area contributed by atoms with Crippen molar-refractivity contribution in [1.82, 2.24) is 9.97 Å². The van der Waals surface area contributed by atoms with Gasteiger partial charge in [-0.1, -0.05) is 0 Å². The Morgan fingerprint density at radius 3 is 3.00 bits per heavy atom. The first-order valence-electron chi connectivity index (χ1n) is 6.42. The second kappa shape index (κ2) is 3.66. The first kappa shape index (κ1) is 11.2. The molecule has 0 saturated heterocycles. The van der Waals surface area contributed by atoms with Gasteiger partial charge in [0.05, 0.1) is 11.3 Å². The summed E-state index contributed by atoms with van der Waals surface area (Å²) in [4.78, 5) is 32.4. The van der Waals surface area contributed by atoms with E-state index in [1.165, 1.54) is 4.88 Å². The fourth-order valence-corrected chi connectivity index (χ4v) is 4.23. The van der Waals surface area contributed by atoms with Crippen LogP contribution < -0.4 is 5.56 Å². The van der Waals surface area contributed by atoms with E-state index < -0.39 is 5.97 Å². The van der Waals surface area contributed by atoms with Crippen LogP contribution in [0, 0.1) is 5.92 Å². The molecule has 4 rings (SSSR count). The van der Waals surface area contributed by atoms with Gasteiger partial charge in [-0.15, -0.1) is 11.3 Å². The van der Waals surface area contributed by atoms with Gasteiger partial charge in [0.25, 0.3) is 5.56 Å². The standard InChI is InChI=1S/C13H12N2O3S/c16-11-9-5-2-1-3-8(5)19-12(9)15-10(14-11)6-4-7(6)13(17)18/h6-7H,1-4H2,(H,17,18)(H,14,15,16). The van der Waals surface area contributed by atoms with Gasteiger partial charge in [-0.25, -0.2) is 4.98 Å². The monoisotopic (exact) mass is 276 g/mol. The highest BCUT2D eigenvalue weighted by Crippen LogP contribution is 2.46. The van der Waals surface area contributed by atoms with Crippen molar-refractivity contribution < 1.29 is 9.90 Å². The molecule has 98 valence electrons. The van der Waals surface area contributed by atoms with Crippen molar-refractivity contribution >= 4 is 27.5 Å². The lowest BCUT2D eigenvalue weighted by Gasteiger charge is -1.99. The first-order valence-corrected chi connectivity index (χ1v) is 7.24. The zero-order valence-corrected chi connectivity index (χ0v) is 10.9. The molecule has 2 aliphatic rings. The van der Waals surface area contributed by atoms with E-state index in [-0.39, 0.29) is 17.4 Å². The molecule has 2 atom stereocenters. The number of nitrogens with zero attached hydrogens (tertiary/aromatic N) is 1. The van der Waals surface area contributed by atoms with Gasteiger partial charge >= 0.3 is 5.97 Å². The van der Waals surface area contributed by atoms with E-state index in [1.54, 1.807) is 11.3 Å². The number of carboxylic acids is 1. The van der Waals surface area contributed by atoms with Gasteiger partial charge in [0, 0.05) is 10.8 Å². The Kier molecular flexibility index (Phi) is 2.15. The third kappa shape index (κ3) is 1.56. The number of thiophene rings is 1. The fraction of sp³-hybridized carbons (Fsp3) is 0.462. The molecule has 0 aliphatic heterocycles. The van der Waals surface area contributed by atoms with Crippen molar-refractivity contribution in [2.45, 2.75) is 31.6 Å². The molecule has 0 spiro atoms. The molecule has 1 fully saturated rings. The Bertz CT molecular complexity index is 761. The third-order valence-corrected chi connectivity index (χ3v) is 5.24. The number of hydrogen-bond acceptors (Lipinski definition) is 4. The van der Waals surface area contributed by atoms with Gasteiger partial charge in [-0.2, -0.15) is 0 Å². The predicted molar refractivity (Wildman–Crippen MR) is 70.7 cm³/mol. The molecule has 19 heavy (non-hydrogen) atoms. The van der Waals surface area contributed by atoms with Crippen LogP contribution in [0.4, 0.5) is 0 Å². The summed E-state index contributed by atoms with van der Waals surface area (Å²) >= 11 is 1.59. The van der Waals surface area contributed by atoms with Crippen LogP contribution >= 0.6 is 11.3 Å². The van der Waals surface area contributed by atoms with Crippen LogP contribution in [-0.2, 0) is 17.6 Å². The molecule has 2 aromatic heterocycles. The highest BCUT2D eigenvalue weighted by molar-refractivity contribution is 7.18. The molecule has 2 aliphatic carbocycles. The minimum Gasteiger partial charge on any atom is -0.481 e. The van der Waals surface area contributed by atoms with Crippen molar-refractivity contribution in [1.29, 1.82) is 0 Å². The van der Waals surface area contributed by atoms with E-state index in [1.807, 2.05) is 0 Å². The lowest BCUT2D eigenvalue weighted by atomic mass is 10.2. The van der Waals surface area contributed by atoms with E-state index in [0.717, 1.165) is 35.0 Å². The van der Waals surface area contributed by atoms with Crippen molar-refractivity contribution in [3.8, 4) is 0 Å². The number of carbonyl (C=O) groups is 1. The number of aryl methyl sites for hydroxylation is 2. The maximum absolute atomic E-state index is 12.2. The number of rotatable bonds is 2. The molecule has 1 saturated carbocycles. The number of fused-ring (bicyclic) bond motifs is 3. The normalized spacial score (nSPS) is 24.6. The number of aromatic nitrogens is 2. The number of nitrogens with one attached hydrogen (secondary N) is 1. The van der Waals surface area contributed by atoms with Crippen molar-refractivity contribution in [2.24, 2.45) is 5.92 Å². The summed E-state index contributed by atoms with van der Waals surface area (Å²) in [5, 5.41) is 9.68. The molecule has 2 aromatic rings. The quantitative estimate of drug-likeness (QED) is 0.874. The van der Waals surface area contributed by atoms with Gasteiger partial charge in [0.1, 0.15) is 10.7 Å². The second-order valence-corrected chi connectivity index (χ2v) is 6.36. The number of aliphatic carboxylic acids is 1. The molecule has 0 radical (unpaired) electrons. The van der Waals surface area contributed by atoms with Gasteiger partial charge in [-0.05, 0) is 31.2 Å². The van der Waals surface area contributed by atoms with E-state index in [2.05, 4.69) is 9.97 Å². The van der Waals surface area contributed by atoms with Crippen LogP contribution in [0.15, 0.2) is 4.79 Å². The fourth-order valence-electron chi connectivity index (χ4n) is 2.96. The summed E-state index contributed by atoms with van der Waals surface area (Å²) in [5.41, 5.74) is 1.06. The predicted octanol–water partition coefficient (Wildman–Crippen LogP) is 1.66. The van der Waals surface area contributed by atoms with Gasteiger partial charge < -0.3 is 10.1 Å². The van der Waals surface area contributed by atoms with Gasteiger partial charge in [0.15, 0.2) is 0 Å². The molecule has 5 nitrogen and oxygen atoms in total. The number of aromatic amines is 1. The minimum atomic E-state index is -0.804. The van der Waals surface area contributed by atoms with Crippen molar-refractivity contribution in [2.75, 3.05) is 0 Å². The molecular weight excluding hydrogens is 264 g/mol. The molecule has 0 aromatic carbocycles. The summed E-state index contributed by atoms with van der Waals surface area (Å²) in [5.74, 6) is -0.759. The average molecular weight is 276 g/mol. The van der Waals surface area contributed by atoms with Crippen LogP contribution in [0.3, 0.4) is 0 Å². The SMILES string of the molecule is O=C(O)C1CC1c1nc2sc3c(c2c(=O)[nH]1)CCC3. The molecular formula is C13H12N2O3S. The Balaban J connectivity index is 1.84. The van der Waals surface area contributed by atoms with Crippen molar-refractivity contribution in [3.63, 3.8) is 0 Å². The Labute approximate surface area is 112 Å². The van der Waals surface area contributed by atoms with Crippen LogP contribution in [0.25, 0.3) is 10.2 Å². The lowest BCUT2D eigenvalue weighted by Crippen LogP contribution is -2.12. The molecule has 0 bridgehead atoms. The van der Waals surface area contributed by atoms with E-state index in [4.69, 9.17) is 5.11 Å². The Hall–Kier alpha value is -1.69. The second-order valence-electron chi connectivity index (χ2n) is 5.28. The summed E-state index contributed by atoms with van der Waals surface area (Å²) in [6, 6.07) is 0.